The second kappa shape index (κ2) is 70.9. The molecule has 0 aliphatic carbocycles. The number of ether oxygens (including phenoxy) is 4. The van der Waals surface area contributed by atoms with E-state index in [0.29, 0.717) is 25.7 Å². The van der Waals surface area contributed by atoms with Crippen LogP contribution in [0.25, 0.3) is 0 Å². The van der Waals surface area contributed by atoms with E-state index < -0.39 is 97.5 Å². The average Bonchev–Trinajstić information content (AvgIpc) is 0.959. The molecule has 0 bridgehead atoms. The van der Waals surface area contributed by atoms with Crippen molar-refractivity contribution in [1.82, 2.24) is 0 Å². The highest BCUT2D eigenvalue weighted by Crippen LogP contribution is 2.45. The quantitative estimate of drug-likeness (QED) is 0.0169. The molecule has 3 N–H and O–H groups in total. The van der Waals surface area contributed by atoms with E-state index in [4.69, 9.17) is 37.0 Å². The van der Waals surface area contributed by atoms with Crippen LogP contribution in [-0.4, -0.2) is 96.7 Å². The number of aliphatic hydroxyl groups is 1. The Morgan fingerprint density at radius 2 is 0.571 bits per heavy atom. The highest BCUT2D eigenvalue weighted by Gasteiger charge is 2.30. The van der Waals surface area contributed by atoms with Gasteiger partial charge in [0.05, 0.1) is 32.8 Å². The van der Waals surface area contributed by atoms with Gasteiger partial charge in [-0.1, -0.05) is 278 Å². The number of hydrogen-bond acceptors (Lipinski definition) is 15. The van der Waals surface area contributed by atoms with Gasteiger partial charge in [-0.05, 0) is 116 Å². The number of esters is 4. The molecule has 19 heteroatoms. The molecule has 0 fully saturated rings. The van der Waals surface area contributed by atoms with Crippen molar-refractivity contribution in [3.05, 3.63) is 122 Å². The lowest BCUT2D eigenvalue weighted by Gasteiger charge is -2.21. The zero-order chi connectivity index (χ0) is 71.8. The molecular weight excluding hydrogens is 1280 g/mol. The largest absolute Gasteiger partial charge is 0.472 e. The van der Waals surface area contributed by atoms with Crippen LogP contribution in [0.2, 0.25) is 0 Å². The number of carbonyl (C=O) groups excluding carboxylic acids is 4. The van der Waals surface area contributed by atoms with Gasteiger partial charge >= 0.3 is 39.5 Å². The summed E-state index contributed by atoms with van der Waals surface area (Å²) < 4.78 is 68.3. The molecule has 17 nitrogen and oxygen atoms in total. The van der Waals surface area contributed by atoms with Gasteiger partial charge in [-0.2, -0.15) is 0 Å². The van der Waals surface area contributed by atoms with E-state index in [-0.39, 0.29) is 25.7 Å². The Hall–Kier alpha value is -4.54. The van der Waals surface area contributed by atoms with Crippen LogP contribution in [-0.2, 0) is 65.4 Å². The molecule has 0 amide bonds. The second-order valence-electron chi connectivity index (χ2n) is 24.8. The molecule has 0 aromatic rings. The first-order valence-corrected chi connectivity index (χ1v) is 40.8. The molecule has 0 spiro atoms. The van der Waals surface area contributed by atoms with Gasteiger partial charge in [0.2, 0.25) is 0 Å². The number of phosphoric acid groups is 2. The van der Waals surface area contributed by atoms with Crippen LogP contribution in [0.15, 0.2) is 122 Å². The van der Waals surface area contributed by atoms with Crippen molar-refractivity contribution in [1.29, 1.82) is 0 Å². The van der Waals surface area contributed by atoms with Crippen molar-refractivity contribution < 1.29 is 80.2 Å². The van der Waals surface area contributed by atoms with Gasteiger partial charge in [0.15, 0.2) is 12.2 Å². The van der Waals surface area contributed by atoms with Crippen molar-refractivity contribution in [2.24, 2.45) is 0 Å². The van der Waals surface area contributed by atoms with Crippen LogP contribution >= 0.6 is 15.6 Å². The summed E-state index contributed by atoms with van der Waals surface area (Å²) in [5.41, 5.74) is 0. The molecule has 0 aromatic carbocycles. The summed E-state index contributed by atoms with van der Waals surface area (Å²) in [5, 5.41) is 10.6. The summed E-state index contributed by atoms with van der Waals surface area (Å²) in [6, 6.07) is 0. The molecule has 5 atom stereocenters. The number of unbranched alkanes of at least 4 members (excludes halogenated alkanes) is 25. The first-order chi connectivity index (χ1) is 47.7. The first-order valence-electron chi connectivity index (χ1n) is 37.8. The van der Waals surface area contributed by atoms with E-state index in [1.165, 1.54) is 89.9 Å². The number of rotatable bonds is 70. The van der Waals surface area contributed by atoms with Crippen LogP contribution in [0.3, 0.4) is 0 Å². The Morgan fingerprint density at radius 3 is 0.949 bits per heavy atom. The Labute approximate surface area is 593 Å². The molecule has 0 aromatic heterocycles. The minimum Gasteiger partial charge on any atom is -0.462 e. The van der Waals surface area contributed by atoms with E-state index in [2.05, 4.69) is 125 Å². The van der Waals surface area contributed by atoms with Crippen molar-refractivity contribution in [3.8, 4) is 0 Å². The lowest BCUT2D eigenvalue weighted by atomic mass is 10.0. The van der Waals surface area contributed by atoms with Gasteiger partial charge in [-0.15, -0.1) is 0 Å². The molecule has 0 saturated heterocycles. The molecule has 0 radical (unpaired) electrons. The summed E-state index contributed by atoms with van der Waals surface area (Å²) in [7, 11) is -9.98. The van der Waals surface area contributed by atoms with Gasteiger partial charge in [0.25, 0.3) is 0 Å². The maximum Gasteiger partial charge on any atom is 0.472 e. The molecule has 0 aliphatic heterocycles. The van der Waals surface area contributed by atoms with E-state index in [1.54, 1.807) is 6.08 Å². The summed E-state index contributed by atoms with van der Waals surface area (Å²) in [4.78, 5) is 72.7. The molecule has 0 rings (SSSR count). The Balaban J connectivity index is 5.44. The highest BCUT2D eigenvalue weighted by molar-refractivity contribution is 7.47. The van der Waals surface area contributed by atoms with Crippen LogP contribution in [0.5, 0.6) is 0 Å². The van der Waals surface area contributed by atoms with Crippen molar-refractivity contribution in [2.75, 3.05) is 39.6 Å². The van der Waals surface area contributed by atoms with Crippen LogP contribution < -0.4 is 0 Å². The summed E-state index contributed by atoms with van der Waals surface area (Å²) in [5.74, 6) is -2.38. The summed E-state index contributed by atoms with van der Waals surface area (Å²) in [6.45, 7) is 4.46. The van der Waals surface area contributed by atoms with Crippen molar-refractivity contribution in [3.63, 3.8) is 0 Å². The number of carbonyl (C=O) groups is 4. The van der Waals surface area contributed by atoms with Gasteiger partial charge in [0.1, 0.15) is 19.3 Å². The standard InChI is InChI=1S/C79H134O17P2/c1-5-9-13-17-21-25-29-33-36-40-43-47-51-55-59-63-76(81)89-69-74(95-78(83)65-61-57-53-49-45-39-32-28-24-20-16-12-8-4)71-93-97(85,86)91-67-73(80)68-92-98(87,88)94-72-75(96-79(84)66-62-58-54-50-46-42-38-35-31-27-23-19-15-11-7-3)70-90-77(82)64-60-56-52-48-44-41-37-34-30-26-22-18-14-10-6-2/h9-10,13-14,21-22,25-26,28,32-34,36-37,43-44,47-48,55,59,73-75,80H,5-8,11-12,15-20,23-24,27,29-31,35,38-42,45-46,49-54,56-58,60-72H2,1-4H3,(H,85,86)(H,87,88)/b13-9-,14-10-,25-21-,26-22-,32-28-,36-33-,37-34-,47-43-,48-44-,59-55-. The number of hydrogen-bond donors (Lipinski definition) is 3. The normalized spacial score (nSPS) is 14.6. The zero-order valence-corrected chi connectivity index (χ0v) is 63.0. The molecule has 0 aliphatic rings. The monoisotopic (exact) mass is 1420 g/mol. The SMILES string of the molecule is CC/C=C\C/C=C\C/C=C\C/C=C\C/C=C\CC(=O)OCC(COP(=O)(O)OCC(O)COP(=O)(O)OCC(COC(=O)CCCC/C=C\C/C=C\C/C=C\C/C=C\CC)OC(=O)CCCCCCCCCCCCCCCCC)OC(=O)CCCCCCC/C=C\CCCCCC. The predicted molar refractivity (Wildman–Crippen MR) is 399 cm³/mol. The number of aliphatic hydroxyl groups excluding tert-OH is 1. The lowest BCUT2D eigenvalue weighted by molar-refractivity contribution is -0.161. The second-order valence-corrected chi connectivity index (χ2v) is 27.8. The molecule has 562 valence electrons. The summed E-state index contributed by atoms with van der Waals surface area (Å²) >= 11 is 0. The van der Waals surface area contributed by atoms with E-state index >= 15 is 0 Å². The van der Waals surface area contributed by atoms with Crippen LogP contribution in [0.4, 0.5) is 0 Å². The van der Waals surface area contributed by atoms with E-state index in [0.717, 1.165) is 128 Å². The Bertz CT molecular complexity index is 2340. The highest BCUT2D eigenvalue weighted by atomic mass is 31.2. The van der Waals surface area contributed by atoms with Crippen LogP contribution in [0, 0.1) is 0 Å². The third-order valence-electron chi connectivity index (χ3n) is 15.5. The smallest absolute Gasteiger partial charge is 0.462 e. The third kappa shape index (κ3) is 69.9. The van der Waals surface area contributed by atoms with Gasteiger partial charge in [0, 0.05) is 19.3 Å². The van der Waals surface area contributed by atoms with Gasteiger partial charge in [-0.25, -0.2) is 9.13 Å². The Kier molecular flexibility index (Phi) is 67.6. The average molecular weight is 1420 g/mol. The molecule has 5 unspecified atom stereocenters. The first kappa shape index (κ1) is 93.5. The fourth-order valence-electron chi connectivity index (χ4n) is 9.75. The molecule has 0 heterocycles. The van der Waals surface area contributed by atoms with E-state index in [1.807, 2.05) is 18.2 Å². The number of allylic oxidation sites excluding steroid dienone is 19. The predicted octanol–water partition coefficient (Wildman–Crippen LogP) is 21.6. The summed E-state index contributed by atoms with van der Waals surface area (Å²) in [6.07, 6.45) is 76.6. The van der Waals surface area contributed by atoms with Gasteiger partial charge in [-0.3, -0.25) is 37.3 Å². The minimum absolute atomic E-state index is 0.0630. The fraction of sp³-hybridized carbons (Fsp3) is 0.696. The third-order valence-corrected chi connectivity index (χ3v) is 17.4. The van der Waals surface area contributed by atoms with Crippen molar-refractivity contribution >= 4 is 39.5 Å². The molecule has 98 heavy (non-hydrogen) atoms. The molecular formula is C79H134O17P2. The topological polar surface area (TPSA) is 237 Å². The number of phosphoric ester groups is 2. The Morgan fingerprint density at radius 1 is 0.306 bits per heavy atom. The van der Waals surface area contributed by atoms with Crippen molar-refractivity contribution in [2.45, 2.75) is 316 Å². The maximum absolute atomic E-state index is 13.1. The fourth-order valence-corrected chi connectivity index (χ4v) is 11.3. The van der Waals surface area contributed by atoms with Crippen LogP contribution in [0.1, 0.15) is 297 Å². The van der Waals surface area contributed by atoms with E-state index in [9.17, 15) is 43.2 Å². The van der Waals surface area contributed by atoms with Gasteiger partial charge < -0.3 is 33.8 Å². The lowest BCUT2D eigenvalue weighted by Crippen LogP contribution is -2.30. The maximum atomic E-state index is 13.1. The minimum atomic E-state index is -5.00. The molecule has 0 saturated carbocycles. The zero-order valence-electron chi connectivity index (χ0n) is 61.2.